The summed E-state index contributed by atoms with van der Waals surface area (Å²) >= 11 is 2.37. The Balaban J connectivity index is 2.66. The maximum atomic E-state index is 2.37. The molecule has 0 saturated carbocycles. The fraction of sp³-hybridized carbons (Fsp3) is 0.143. The Morgan fingerprint density at radius 2 is 1.38 bits per heavy atom. The van der Waals surface area contributed by atoms with E-state index in [9.17, 15) is 0 Å². The molecule has 8 heavy (non-hydrogen) atoms. The van der Waals surface area contributed by atoms with Crippen molar-refractivity contribution >= 4 is 22.6 Å². The highest BCUT2D eigenvalue weighted by molar-refractivity contribution is 14.1. The number of hydrogen-bond acceptors (Lipinski definition) is 0. The van der Waals surface area contributed by atoms with Crippen LogP contribution < -0.4 is 0 Å². The van der Waals surface area contributed by atoms with Crippen LogP contribution in [-0.2, 0) is 0 Å². The maximum absolute atomic E-state index is 2.37. The first-order valence-electron chi connectivity index (χ1n) is 2.55. The lowest BCUT2D eigenvalue weighted by atomic mass is 10.4. The van der Waals surface area contributed by atoms with E-state index in [1.165, 1.54) is 0 Å². The quantitative estimate of drug-likeness (QED) is 0.432. The van der Waals surface area contributed by atoms with E-state index in [1.807, 2.05) is 12.2 Å². The largest absolute Gasteiger partial charge is 0.0735 e. The second kappa shape index (κ2) is 3.07. The molecular formula is C7H7I. The summed E-state index contributed by atoms with van der Waals surface area (Å²) in [5, 5.41) is 0. The molecule has 0 saturated heterocycles. The molecule has 1 rings (SSSR count). The van der Waals surface area contributed by atoms with Gasteiger partial charge in [-0.2, -0.15) is 0 Å². The zero-order valence-electron chi connectivity index (χ0n) is 4.42. The Kier molecular flexibility index (Phi) is 2.33. The van der Waals surface area contributed by atoms with Crippen LogP contribution in [0.2, 0.25) is 0 Å². The zero-order valence-corrected chi connectivity index (χ0v) is 6.58. The molecule has 1 heteroatoms. The highest BCUT2D eigenvalue weighted by Crippen LogP contribution is 2.06. The van der Waals surface area contributed by atoms with Crippen molar-refractivity contribution in [1.29, 1.82) is 0 Å². The lowest BCUT2D eigenvalue weighted by molar-refractivity contribution is 1.49. The van der Waals surface area contributed by atoms with Gasteiger partial charge in [0.1, 0.15) is 0 Å². The van der Waals surface area contributed by atoms with E-state index >= 15 is 0 Å². The molecule has 0 amide bonds. The van der Waals surface area contributed by atoms with Gasteiger partial charge in [0.05, 0.1) is 0 Å². The van der Waals surface area contributed by atoms with Crippen LogP contribution in [0.5, 0.6) is 0 Å². The predicted molar refractivity (Wildman–Crippen MR) is 45.2 cm³/mol. The molecule has 0 fully saturated rings. The molecule has 0 N–H and O–H groups in total. The summed E-state index contributed by atoms with van der Waals surface area (Å²) in [6.45, 7) is 0. The first-order chi connectivity index (χ1) is 3.89. The van der Waals surface area contributed by atoms with Gasteiger partial charge in [0.25, 0.3) is 0 Å². The Bertz CT molecular complexity index is 126. The topological polar surface area (TPSA) is 0 Å². The summed E-state index contributed by atoms with van der Waals surface area (Å²) < 4.78 is 0.572. The average molecular weight is 218 g/mol. The number of hydrogen-bond donors (Lipinski definition) is 0. The highest BCUT2D eigenvalue weighted by atomic mass is 127. The summed E-state index contributed by atoms with van der Waals surface area (Å²) in [6.07, 6.45) is 12.5. The van der Waals surface area contributed by atoms with Gasteiger partial charge in [-0.15, -0.1) is 0 Å². The minimum Gasteiger partial charge on any atom is -0.0735 e. The molecule has 0 aromatic rings. The second-order valence-electron chi connectivity index (χ2n) is 1.60. The van der Waals surface area contributed by atoms with Gasteiger partial charge in [0, 0.05) is 3.92 Å². The van der Waals surface area contributed by atoms with Crippen molar-refractivity contribution in [1.82, 2.24) is 0 Å². The molecule has 0 nitrogen and oxygen atoms in total. The van der Waals surface area contributed by atoms with E-state index in [2.05, 4.69) is 46.9 Å². The van der Waals surface area contributed by atoms with Gasteiger partial charge in [0.2, 0.25) is 0 Å². The first-order valence-corrected chi connectivity index (χ1v) is 3.80. The Labute approximate surface area is 63.1 Å². The third kappa shape index (κ3) is 1.82. The van der Waals surface area contributed by atoms with Crippen molar-refractivity contribution in [2.75, 3.05) is 0 Å². The monoisotopic (exact) mass is 218 g/mol. The van der Waals surface area contributed by atoms with Crippen LogP contribution in [0.1, 0.15) is 0 Å². The molecule has 0 aromatic heterocycles. The van der Waals surface area contributed by atoms with Crippen LogP contribution in [0.25, 0.3) is 0 Å². The molecule has 0 aliphatic heterocycles. The minimum atomic E-state index is 0.572. The van der Waals surface area contributed by atoms with Crippen LogP contribution >= 0.6 is 22.6 Å². The minimum absolute atomic E-state index is 0.572. The van der Waals surface area contributed by atoms with Gasteiger partial charge in [-0.05, 0) is 0 Å². The van der Waals surface area contributed by atoms with E-state index in [-0.39, 0.29) is 0 Å². The summed E-state index contributed by atoms with van der Waals surface area (Å²) in [5.74, 6) is 0. The van der Waals surface area contributed by atoms with Crippen LogP contribution in [0.15, 0.2) is 36.5 Å². The van der Waals surface area contributed by atoms with Gasteiger partial charge >= 0.3 is 0 Å². The van der Waals surface area contributed by atoms with Crippen LogP contribution in [0.4, 0.5) is 0 Å². The van der Waals surface area contributed by atoms with E-state index in [0.29, 0.717) is 3.92 Å². The third-order valence-corrected chi connectivity index (χ3v) is 1.75. The molecule has 0 aromatic carbocycles. The number of allylic oxidation sites excluding steroid dienone is 6. The highest BCUT2D eigenvalue weighted by Gasteiger charge is 1.89. The first kappa shape index (κ1) is 6.08. The molecule has 1 aliphatic rings. The number of halogens is 1. The van der Waals surface area contributed by atoms with Crippen molar-refractivity contribution in [3.8, 4) is 0 Å². The normalized spacial score (nSPS) is 19.1. The Morgan fingerprint density at radius 1 is 0.875 bits per heavy atom. The van der Waals surface area contributed by atoms with Crippen molar-refractivity contribution in [3.63, 3.8) is 0 Å². The van der Waals surface area contributed by atoms with Crippen molar-refractivity contribution in [2.24, 2.45) is 0 Å². The van der Waals surface area contributed by atoms with Crippen LogP contribution in [0, 0.1) is 0 Å². The number of rotatable bonds is 0. The molecule has 0 heterocycles. The zero-order chi connectivity index (χ0) is 5.82. The predicted octanol–water partition coefficient (Wildman–Crippen LogP) is 2.47. The summed E-state index contributed by atoms with van der Waals surface area (Å²) in [7, 11) is 0. The summed E-state index contributed by atoms with van der Waals surface area (Å²) in [6, 6.07) is 0. The lowest BCUT2D eigenvalue weighted by Crippen LogP contribution is -1.80. The van der Waals surface area contributed by atoms with E-state index in [4.69, 9.17) is 0 Å². The fourth-order valence-electron chi connectivity index (χ4n) is 0.533. The molecule has 0 unspecified atom stereocenters. The lowest BCUT2D eigenvalue weighted by Gasteiger charge is -1.88. The van der Waals surface area contributed by atoms with Crippen LogP contribution in [0.3, 0.4) is 0 Å². The second-order valence-corrected chi connectivity index (χ2v) is 3.04. The van der Waals surface area contributed by atoms with E-state index in [1.54, 1.807) is 0 Å². The van der Waals surface area contributed by atoms with Crippen molar-refractivity contribution in [3.05, 3.63) is 36.5 Å². The fourth-order valence-corrected chi connectivity index (χ4v) is 1.01. The van der Waals surface area contributed by atoms with Crippen molar-refractivity contribution < 1.29 is 0 Å². The summed E-state index contributed by atoms with van der Waals surface area (Å²) in [4.78, 5) is 0. The molecule has 42 valence electrons. The molecule has 0 bridgehead atoms. The SMILES string of the molecule is IC1C=CC=CC=C1. The molecule has 0 radical (unpaired) electrons. The summed E-state index contributed by atoms with van der Waals surface area (Å²) in [5.41, 5.74) is 0. The Hall–Kier alpha value is -0.0500. The average Bonchev–Trinajstić information content (AvgIpc) is 1.94. The Morgan fingerprint density at radius 3 is 1.88 bits per heavy atom. The van der Waals surface area contributed by atoms with Gasteiger partial charge in [-0.1, -0.05) is 59.0 Å². The molecule has 1 aliphatic carbocycles. The standard InChI is InChI=1S/C7H7I/c8-7-5-3-1-2-4-6-7/h1-7H. The smallest absolute Gasteiger partial charge is 0.0475 e. The molecular weight excluding hydrogens is 211 g/mol. The van der Waals surface area contributed by atoms with Crippen LogP contribution in [-0.4, -0.2) is 3.92 Å². The van der Waals surface area contributed by atoms with Crippen molar-refractivity contribution in [2.45, 2.75) is 3.92 Å². The molecule has 0 atom stereocenters. The maximum Gasteiger partial charge on any atom is 0.0475 e. The van der Waals surface area contributed by atoms with Gasteiger partial charge in [-0.25, -0.2) is 0 Å². The number of alkyl halides is 1. The van der Waals surface area contributed by atoms with E-state index < -0.39 is 0 Å². The molecule has 0 spiro atoms. The third-order valence-electron chi connectivity index (χ3n) is 0.923. The van der Waals surface area contributed by atoms with Gasteiger partial charge < -0.3 is 0 Å². The van der Waals surface area contributed by atoms with E-state index in [0.717, 1.165) is 0 Å². The van der Waals surface area contributed by atoms with Gasteiger partial charge in [-0.3, -0.25) is 0 Å². The van der Waals surface area contributed by atoms with Gasteiger partial charge in [0.15, 0.2) is 0 Å².